The third-order valence-corrected chi connectivity index (χ3v) is 3.35. The Labute approximate surface area is 129 Å². The van der Waals surface area contributed by atoms with Crippen LogP contribution in [0.1, 0.15) is 5.56 Å². The summed E-state index contributed by atoms with van der Waals surface area (Å²) in [5.74, 6) is -0.573. The zero-order valence-electron chi connectivity index (χ0n) is 10.9. The van der Waals surface area contributed by atoms with Crippen LogP contribution in [0.15, 0.2) is 40.9 Å². The lowest BCUT2D eigenvalue weighted by atomic mass is 10.2. The molecule has 0 saturated carbocycles. The van der Waals surface area contributed by atoms with Crippen LogP contribution < -0.4 is 10.1 Å². The van der Waals surface area contributed by atoms with E-state index < -0.39 is 11.6 Å². The van der Waals surface area contributed by atoms with Crippen LogP contribution in [0.3, 0.4) is 0 Å². The highest BCUT2D eigenvalue weighted by Gasteiger charge is 2.09. The molecule has 0 aliphatic carbocycles. The van der Waals surface area contributed by atoms with E-state index >= 15 is 0 Å². The first-order valence-electron chi connectivity index (χ1n) is 6.08. The molecule has 108 valence electrons. The second-order valence-electron chi connectivity index (χ2n) is 4.15. The van der Waals surface area contributed by atoms with Gasteiger partial charge in [0.05, 0.1) is 10.2 Å². The number of hydrogen-bond donors (Lipinski definition) is 1. The third-order valence-electron chi connectivity index (χ3n) is 2.74. The van der Waals surface area contributed by atoms with E-state index in [1.54, 1.807) is 24.3 Å². The molecule has 0 amide bonds. The molecule has 0 aromatic heterocycles. The minimum absolute atomic E-state index is 0.0609. The van der Waals surface area contributed by atoms with E-state index in [1.807, 2.05) is 6.07 Å². The number of benzene rings is 2. The molecule has 0 fully saturated rings. The quantitative estimate of drug-likeness (QED) is 0.818. The summed E-state index contributed by atoms with van der Waals surface area (Å²) in [6.45, 7) is 0.178. The van der Waals surface area contributed by atoms with Crippen LogP contribution in [0.25, 0.3) is 0 Å². The molecule has 3 nitrogen and oxygen atoms in total. The predicted octanol–water partition coefficient (Wildman–Crippen LogP) is 4.24. The van der Waals surface area contributed by atoms with E-state index in [0.717, 1.165) is 17.7 Å². The summed E-state index contributed by atoms with van der Waals surface area (Å²) < 4.78 is 32.5. The average Bonchev–Trinajstić information content (AvgIpc) is 2.48. The van der Waals surface area contributed by atoms with Crippen molar-refractivity contribution in [2.75, 3.05) is 11.9 Å². The van der Waals surface area contributed by atoms with Crippen LogP contribution in [0, 0.1) is 23.0 Å². The van der Waals surface area contributed by atoms with Gasteiger partial charge in [-0.25, -0.2) is 8.78 Å². The van der Waals surface area contributed by atoms with Crippen LogP contribution in [0.2, 0.25) is 0 Å². The second kappa shape index (κ2) is 7.04. The highest BCUT2D eigenvalue weighted by atomic mass is 79.9. The van der Waals surface area contributed by atoms with E-state index in [4.69, 9.17) is 10.00 Å². The molecule has 0 atom stereocenters. The van der Waals surface area contributed by atoms with E-state index in [-0.39, 0.29) is 23.3 Å². The molecule has 0 bridgehead atoms. The second-order valence-corrected chi connectivity index (χ2v) is 5.01. The molecular formula is C15H11BrF2N2O. The Balaban J connectivity index is 2.13. The van der Waals surface area contributed by atoms with E-state index in [0.29, 0.717) is 5.75 Å². The summed E-state index contributed by atoms with van der Waals surface area (Å²) in [6, 6.07) is 11.1. The Kier molecular flexibility index (Phi) is 5.12. The van der Waals surface area contributed by atoms with Gasteiger partial charge in [0.15, 0.2) is 6.61 Å². The normalized spacial score (nSPS) is 10.0. The van der Waals surface area contributed by atoms with Gasteiger partial charge in [-0.2, -0.15) is 5.26 Å². The fourth-order valence-electron chi connectivity index (χ4n) is 1.75. The number of nitriles is 1. The van der Waals surface area contributed by atoms with E-state index in [9.17, 15) is 8.78 Å². The van der Waals surface area contributed by atoms with Crippen LogP contribution in [0.5, 0.6) is 5.75 Å². The summed E-state index contributed by atoms with van der Waals surface area (Å²) in [5, 5.41) is 11.3. The van der Waals surface area contributed by atoms with Gasteiger partial charge in [-0.1, -0.05) is 18.2 Å². The molecule has 0 radical (unpaired) electrons. The van der Waals surface area contributed by atoms with Crippen LogP contribution in [-0.2, 0) is 6.54 Å². The first-order chi connectivity index (χ1) is 10.1. The summed E-state index contributed by atoms with van der Waals surface area (Å²) in [6.07, 6.45) is 0. The molecule has 0 aliphatic heterocycles. The van der Waals surface area contributed by atoms with Gasteiger partial charge in [-0.3, -0.25) is 0 Å². The molecular weight excluding hydrogens is 342 g/mol. The largest absolute Gasteiger partial charge is 0.478 e. The minimum atomic E-state index is -0.557. The van der Waals surface area contributed by atoms with Crippen molar-refractivity contribution < 1.29 is 13.5 Å². The topological polar surface area (TPSA) is 45.0 Å². The number of nitrogens with zero attached hydrogens (tertiary/aromatic N) is 1. The summed E-state index contributed by atoms with van der Waals surface area (Å²) in [5.41, 5.74) is 0.807. The van der Waals surface area contributed by atoms with Gasteiger partial charge in [0.25, 0.3) is 0 Å². The molecule has 0 heterocycles. The van der Waals surface area contributed by atoms with Crippen molar-refractivity contribution in [1.29, 1.82) is 5.26 Å². The Morgan fingerprint density at radius 3 is 2.71 bits per heavy atom. The summed E-state index contributed by atoms with van der Waals surface area (Å²) in [7, 11) is 0. The van der Waals surface area contributed by atoms with Gasteiger partial charge in [-0.05, 0) is 28.1 Å². The zero-order valence-corrected chi connectivity index (χ0v) is 12.5. The lowest BCUT2D eigenvalue weighted by molar-refractivity contribution is 0.364. The molecule has 2 aromatic carbocycles. The number of halogens is 3. The standard InChI is InChI=1S/C15H11BrF2N2O/c16-11-7-13(18)14(8-12(11)17)20-9-10-3-1-2-4-15(10)21-6-5-19/h1-4,7-8,20H,6,9H2. The van der Waals surface area contributed by atoms with Crippen molar-refractivity contribution in [1.82, 2.24) is 0 Å². The Morgan fingerprint density at radius 2 is 1.95 bits per heavy atom. The number of nitrogens with one attached hydrogen (secondary N) is 1. The number of anilines is 1. The van der Waals surface area contributed by atoms with E-state index in [2.05, 4.69) is 21.2 Å². The van der Waals surface area contributed by atoms with Gasteiger partial charge in [-0.15, -0.1) is 0 Å². The van der Waals surface area contributed by atoms with Crippen LogP contribution in [-0.4, -0.2) is 6.61 Å². The molecule has 0 spiro atoms. The van der Waals surface area contributed by atoms with Crippen LogP contribution in [0.4, 0.5) is 14.5 Å². The van der Waals surface area contributed by atoms with Gasteiger partial charge in [0, 0.05) is 18.2 Å². The van der Waals surface area contributed by atoms with Gasteiger partial charge in [0.2, 0.25) is 0 Å². The summed E-state index contributed by atoms with van der Waals surface area (Å²) >= 11 is 2.92. The van der Waals surface area contributed by atoms with Gasteiger partial charge < -0.3 is 10.1 Å². The number of rotatable bonds is 5. The van der Waals surface area contributed by atoms with Crippen LogP contribution >= 0.6 is 15.9 Å². The highest BCUT2D eigenvalue weighted by molar-refractivity contribution is 9.10. The summed E-state index contributed by atoms with van der Waals surface area (Å²) in [4.78, 5) is 0. The molecule has 1 N–H and O–H groups in total. The predicted molar refractivity (Wildman–Crippen MR) is 78.9 cm³/mol. The fraction of sp³-hybridized carbons (Fsp3) is 0.133. The molecule has 2 aromatic rings. The smallest absolute Gasteiger partial charge is 0.174 e. The lowest BCUT2D eigenvalue weighted by Crippen LogP contribution is -2.05. The number of ether oxygens (including phenoxy) is 1. The first kappa shape index (κ1) is 15.3. The Hall–Kier alpha value is -2.13. The molecule has 6 heteroatoms. The first-order valence-corrected chi connectivity index (χ1v) is 6.87. The van der Waals surface area contributed by atoms with E-state index in [1.165, 1.54) is 0 Å². The molecule has 0 saturated heterocycles. The zero-order chi connectivity index (χ0) is 15.2. The molecule has 0 unspecified atom stereocenters. The van der Waals surface area contributed by atoms with Crippen molar-refractivity contribution in [3.05, 3.63) is 58.1 Å². The van der Waals surface area contributed by atoms with Crippen molar-refractivity contribution >= 4 is 21.6 Å². The maximum absolute atomic E-state index is 13.7. The highest BCUT2D eigenvalue weighted by Crippen LogP contribution is 2.25. The lowest BCUT2D eigenvalue weighted by Gasteiger charge is -2.12. The van der Waals surface area contributed by atoms with Crippen molar-refractivity contribution in [2.24, 2.45) is 0 Å². The molecule has 21 heavy (non-hydrogen) atoms. The average molecular weight is 353 g/mol. The van der Waals surface area contributed by atoms with Gasteiger partial charge >= 0.3 is 0 Å². The monoisotopic (exact) mass is 352 g/mol. The van der Waals surface area contributed by atoms with Crippen molar-refractivity contribution in [3.8, 4) is 11.8 Å². The fourth-order valence-corrected chi connectivity index (χ4v) is 2.06. The maximum atomic E-state index is 13.7. The molecule has 0 aliphatic rings. The molecule has 2 rings (SSSR count). The maximum Gasteiger partial charge on any atom is 0.174 e. The third kappa shape index (κ3) is 3.92. The minimum Gasteiger partial charge on any atom is -0.478 e. The Bertz CT molecular complexity index is 686. The SMILES string of the molecule is N#CCOc1ccccc1CNc1cc(F)c(Br)cc1F. The number of hydrogen-bond acceptors (Lipinski definition) is 3. The Morgan fingerprint density at radius 1 is 1.19 bits per heavy atom. The van der Waals surface area contributed by atoms with Crippen molar-refractivity contribution in [2.45, 2.75) is 6.54 Å². The number of para-hydroxylation sites is 1. The van der Waals surface area contributed by atoms with Gasteiger partial charge in [0.1, 0.15) is 23.5 Å². The van der Waals surface area contributed by atoms with Crippen molar-refractivity contribution in [3.63, 3.8) is 0 Å².